The first-order valence-electron chi connectivity index (χ1n) is 11.2. The van der Waals surface area contributed by atoms with Crippen molar-refractivity contribution in [2.45, 2.75) is 6.42 Å². The molecule has 0 bridgehead atoms. The van der Waals surface area contributed by atoms with Gasteiger partial charge in [0.2, 0.25) is 17.6 Å². The van der Waals surface area contributed by atoms with Crippen LogP contribution in [-0.2, 0) is 11.2 Å². The van der Waals surface area contributed by atoms with E-state index in [1.807, 2.05) is 0 Å². The van der Waals surface area contributed by atoms with E-state index in [1.54, 1.807) is 35.4 Å². The van der Waals surface area contributed by atoms with Crippen LogP contribution in [0, 0.1) is 0 Å². The zero-order valence-electron chi connectivity index (χ0n) is 19.0. The summed E-state index contributed by atoms with van der Waals surface area (Å²) in [5.74, 6) is -0.454. The van der Waals surface area contributed by atoms with Gasteiger partial charge in [0.05, 0.1) is 29.6 Å². The van der Waals surface area contributed by atoms with E-state index in [0.29, 0.717) is 33.8 Å². The number of carbonyl (C=O) groups excluding carboxylic acids is 2. The van der Waals surface area contributed by atoms with Crippen LogP contribution in [0.4, 0.5) is 22.1 Å². The molecule has 12 nitrogen and oxygen atoms in total. The van der Waals surface area contributed by atoms with Crippen LogP contribution >= 0.6 is 0 Å². The molecule has 36 heavy (non-hydrogen) atoms. The highest BCUT2D eigenvalue weighted by Gasteiger charge is 2.27. The Kier molecular flexibility index (Phi) is 5.76. The number of benzene rings is 2. The number of nitrogens with zero attached hydrogens (tertiary/aromatic N) is 4. The fraction of sp³-hybridized carbons (Fsp3) is 0.208. The number of fused-ring (bicyclic) bond motifs is 3. The summed E-state index contributed by atoms with van der Waals surface area (Å²) in [6, 6.07) is 9.42. The Hall–Kier alpha value is -4.87. The number of amides is 3. The number of hydrogen-bond donors (Lipinski definition) is 4. The van der Waals surface area contributed by atoms with Crippen molar-refractivity contribution >= 4 is 35.2 Å². The number of carboxylic acid groups (broad SMARTS) is 1. The zero-order valence-corrected chi connectivity index (χ0v) is 19.0. The molecule has 0 unspecified atom stereocenters. The maximum atomic E-state index is 13.1. The van der Waals surface area contributed by atoms with Crippen LogP contribution in [0.15, 0.2) is 42.6 Å². The molecule has 2 aromatic carbocycles. The quantitative estimate of drug-likeness (QED) is 0.318. The maximum absolute atomic E-state index is 13.1. The van der Waals surface area contributed by atoms with Gasteiger partial charge in [-0.15, -0.1) is 0 Å². The van der Waals surface area contributed by atoms with E-state index < -0.39 is 6.09 Å². The maximum Gasteiger partial charge on any atom is 0.407 e. The van der Waals surface area contributed by atoms with Gasteiger partial charge in [-0.1, -0.05) is 0 Å². The van der Waals surface area contributed by atoms with Crippen LogP contribution < -0.4 is 10.6 Å². The average molecular weight is 491 g/mol. The normalized spacial score (nSPS) is 14.8. The molecule has 5 rings (SSSR count). The number of piperazine rings is 1. The summed E-state index contributed by atoms with van der Waals surface area (Å²) in [6.45, 7) is 1.06. The number of anilines is 3. The molecule has 2 aliphatic rings. The largest absolute Gasteiger partial charge is 0.591 e. The predicted octanol–water partition coefficient (Wildman–Crippen LogP) is 1.96. The smallest absolute Gasteiger partial charge is 0.407 e. The molecule has 1 fully saturated rings. The Morgan fingerprint density at radius 2 is 1.81 bits per heavy atom. The van der Waals surface area contributed by atoms with Crippen LogP contribution in [0.25, 0.3) is 11.3 Å². The van der Waals surface area contributed by atoms with Gasteiger partial charge in [0.1, 0.15) is 0 Å². The molecular formula is C24H23N6O6+. The van der Waals surface area contributed by atoms with Gasteiger partial charge in [-0.05, 0) is 30.3 Å². The minimum absolute atomic E-state index is 0.0449. The van der Waals surface area contributed by atoms with Crippen molar-refractivity contribution in [2.75, 3.05) is 36.8 Å². The number of phenolic OH excluding ortho intramolecular Hbond substituents is 1. The van der Waals surface area contributed by atoms with Gasteiger partial charge in [-0.3, -0.25) is 9.59 Å². The van der Waals surface area contributed by atoms with Crippen LogP contribution in [0.5, 0.6) is 11.5 Å². The number of phenols is 1. The molecule has 1 saturated heterocycles. The molecular weight excluding hydrogens is 468 g/mol. The Labute approximate surface area is 204 Å². The Morgan fingerprint density at radius 3 is 2.53 bits per heavy atom. The van der Waals surface area contributed by atoms with Gasteiger partial charge in [0.25, 0.3) is 11.7 Å². The fourth-order valence-electron chi connectivity index (χ4n) is 4.21. The van der Waals surface area contributed by atoms with Gasteiger partial charge in [0, 0.05) is 49.1 Å². The molecule has 3 amide bonds. The number of nitrogens with one attached hydrogen (secondary N) is 2. The number of aromatic hydroxyl groups is 1. The molecule has 2 aliphatic heterocycles. The minimum Gasteiger partial charge on any atom is -0.591 e. The van der Waals surface area contributed by atoms with Crippen LogP contribution in [-0.4, -0.2) is 79.2 Å². The monoisotopic (exact) mass is 491 g/mol. The van der Waals surface area contributed by atoms with Gasteiger partial charge in [-0.25, -0.2) is 14.8 Å². The second-order valence-electron chi connectivity index (χ2n) is 8.47. The summed E-state index contributed by atoms with van der Waals surface area (Å²) in [4.78, 5) is 48.5. The molecule has 3 aromatic rings. The third-order valence-corrected chi connectivity index (χ3v) is 6.10. The highest BCUT2D eigenvalue weighted by molar-refractivity contribution is 6.03. The van der Waals surface area contributed by atoms with Crippen LogP contribution in [0.1, 0.15) is 15.9 Å². The van der Waals surface area contributed by atoms with Crippen LogP contribution in [0.2, 0.25) is 0 Å². The summed E-state index contributed by atoms with van der Waals surface area (Å²) in [5.41, 5.74) is 3.11. The molecule has 6 N–H and O–H groups in total. The lowest BCUT2D eigenvalue weighted by molar-refractivity contribution is -0.115. The van der Waals surface area contributed by atoms with E-state index in [1.165, 1.54) is 17.0 Å². The average Bonchev–Trinajstić information content (AvgIpc) is 3.00. The van der Waals surface area contributed by atoms with Crippen molar-refractivity contribution in [3.63, 3.8) is 0 Å². The van der Waals surface area contributed by atoms with Gasteiger partial charge < -0.3 is 35.8 Å². The minimum atomic E-state index is -1.00. The Morgan fingerprint density at radius 1 is 1.06 bits per heavy atom. The highest BCUT2D eigenvalue weighted by atomic mass is 16.4. The van der Waals surface area contributed by atoms with Crippen molar-refractivity contribution in [1.82, 2.24) is 19.8 Å². The number of rotatable bonds is 3. The Balaban J connectivity index is 1.43. The van der Waals surface area contributed by atoms with E-state index in [9.17, 15) is 19.5 Å². The number of aromatic nitrogens is 2. The molecule has 184 valence electrons. The summed E-state index contributed by atoms with van der Waals surface area (Å²) in [7, 11) is 0. The molecule has 0 atom stereocenters. The summed E-state index contributed by atoms with van der Waals surface area (Å²) >= 11 is 0. The van der Waals surface area contributed by atoms with E-state index >= 15 is 0 Å². The van der Waals surface area contributed by atoms with E-state index in [-0.39, 0.29) is 61.9 Å². The van der Waals surface area contributed by atoms with Gasteiger partial charge >= 0.3 is 6.09 Å². The second kappa shape index (κ2) is 9.06. The van der Waals surface area contributed by atoms with Crippen molar-refractivity contribution in [3.05, 3.63) is 53.7 Å². The zero-order chi connectivity index (χ0) is 25.4. The predicted molar refractivity (Wildman–Crippen MR) is 130 cm³/mol. The first-order chi connectivity index (χ1) is 17.3. The molecule has 3 heterocycles. The number of hydrogen-bond acceptors (Lipinski definition) is 7. The first-order valence-corrected chi connectivity index (χ1v) is 11.2. The molecule has 12 heteroatoms. The summed E-state index contributed by atoms with van der Waals surface area (Å²) in [5, 5.41) is 32.3. The molecule has 0 radical (unpaired) electrons. The van der Waals surface area contributed by atoms with Crippen molar-refractivity contribution in [2.24, 2.45) is 0 Å². The van der Waals surface area contributed by atoms with E-state index in [0.717, 1.165) is 0 Å². The van der Waals surface area contributed by atoms with Crippen molar-refractivity contribution in [1.29, 1.82) is 0 Å². The third kappa shape index (κ3) is 4.43. The fourth-order valence-corrected chi connectivity index (χ4v) is 4.21. The van der Waals surface area contributed by atoms with E-state index in [4.69, 9.17) is 10.2 Å². The van der Waals surface area contributed by atoms with Crippen LogP contribution in [0.3, 0.4) is 0 Å². The third-order valence-electron chi connectivity index (χ3n) is 6.10. The Bertz CT molecular complexity index is 1390. The summed E-state index contributed by atoms with van der Waals surface area (Å²) in [6.07, 6.45) is 0.610. The van der Waals surface area contributed by atoms with Gasteiger partial charge in [0.15, 0.2) is 0 Å². The first kappa shape index (κ1) is 22.9. The highest BCUT2D eigenvalue weighted by Crippen LogP contribution is 2.35. The molecule has 1 aromatic heterocycles. The lowest BCUT2D eigenvalue weighted by Crippen LogP contribution is -2.50. The van der Waals surface area contributed by atoms with Gasteiger partial charge in [-0.2, -0.15) is 0 Å². The number of carbonyl (C=O) groups is 3. The SMILES string of the molecule is O=C1Cc2cnc(Nc3ccc(O)c([OH2+])c3)nc2-c2ccc(C(=O)N3CCN(C(=O)O)CC3)cc2N1. The molecule has 0 saturated carbocycles. The lowest BCUT2D eigenvalue weighted by atomic mass is 10.0. The molecule has 0 spiro atoms. The second-order valence-corrected chi connectivity index (χ2v) is 8.47. The molecule has 0 aliphatic carbocycles. The van der Waals surface area contributed by atoms with E-state index in [2.05, 4.69) is 20.6 Å². The van der Waals surface area contributed by atoms with Crippen molar-refractivity contribution in [3.8, 4) is 22.8 Å². The lowest BCUT2D eigenvalue weighted by Gasteiger charge is -2.33. The topological polar surface area (TPSA) is 171 Å². The van der Waals surface area contributed by atoms with Crippen molar-refractivity contribution < 1.29 is 29.7 Å². The summed E-state index contributed by atoms with van der Waals surface area (Å²) < 4.78 is 0. The standard InChI is InChI=1S/C24H22N6O6/c31-18-4-2-15(11-19(18)32)26-23-25-12-14-10-20(33)27-17-9-13(1-3-16(17)21(14)28-23)22(34)29-5-7-30(8-6-29)24(35)36/h1-4,9,11-12,31-32H,5-8,10H2,(H,27,33)(H,35,36)(H,25,26,28)/p+1.